The number of rotatable bonds is 0. The van der Waals surface area contributed by atoms with Crippen LogP contribution in [-0.4, -0.2) is 17.5 Å². The van der Waals surface area contributed by atoms with E-state index in [0.717, 1.165) is 5.56 Å². The minimum Gasteiger partial charge on any atom is -0.323 e. The summed E-state index contributed by atoms with van der Waals surface area (Å²) in [5, 5.41) is 5.07. The first-order chi connectivity index (χ1) is 7.61. The molecule has 0 aromatic heterocycles. The molecule has 4 heteroatoms. The summed E-state index contributed by atoms with van der Waals surface area (Å²) in [6.45, 7) is 2.03. The summed E-state index contributed by atoms with van der Waals surface area (Å²) < 4.78 is 0. The monoisotopic (exact) mass is 216 g/mol. The summed E-state index contributed by atoms with van der Waals surface area (Å²) >= 11 is 0. The van der Waals surface area contributed by atoms with Gasteiger partial charge in [0, 0.05) is 12.8 Å². The quantitative estimate of drug-likeness (QED) is 0.626. The fourth-order valence-electron chi connectivity index (χ4n) is 2.65. The first-order valence-electron chi connectivity index (χ1n) is 5.32. The van der Waals surface area contributed by atoms with Crippen LogP contribution in [0, 0.1) is 6.92 Å². The van der Waals surface area contributed by atoms with Crippen LogP contribution in [0.5, 0.6) is 0 Å². The second-order valence-corrected chi connectivity index (χ2v) is 4.56. The van der Waals surface area contributed by atoms with Gasteiger partial charge in [0.25, 0.3) is 5.91 Å². The SMILES string of the molecule is Cc1cccc2c1CC1(C2)NC(=O)NC1=O. The second-order valence-electron chi connectivity index (χ2n) is 4.56. The fourth-order valence-corrected chi connectivity index (χ4v) is 2.65. The maximum absolute atomic E-state index is 11.8. The van der Waals surface area contributed by atoms with E-state index < -0.39 is 5.54 Å². The number of carbonyl (C=O) groups excluding carboxylic acids is 2. The summed E-state index contributed by atoms with van der Waals surface area (Å²) in [4.78, 5) is 23.0. The third-order valence-electron chi connectivity index (χ3n) is 3.49. The number of aryl methyl sites for hydroxylation is 1. The van der Waals surface area contributed by atoms with Gasteiger partial charge in [0.15, 0.2) is 0 Å². The number of fused-ring (bicyclic) bond motifs is 1. The van der Waals surface area contributed by atoms with Crippen molar-refractivity contribution in [3.63, 3.8) is 0 Å². The van der Waals surface area contributed by atoms with E-state index in [-0.39, 0.29) is 11.9 Å². The van der Waals surface area contributed by atoms with Gasteiger partial charge in [-0.3, -0.25) is 10.1 Å². The van der Waals surface area contributed by atoms with Crippen molar-refractivity contribution in [1.29, 1.82) is 0 Å². The van der Waals surface area contributed by atoms with Crippen molar-refractivity contribution in [2.24, 2.45) is 0 Å². The zero-order chi connectivity index (χ0) is 11.3. The lowest BCUT2D eigenvalue weighted by Crippen LogP contribution is -2.47. The summed E-state index contributed by atoms with van der Waals surface area (Å²) in [5.74, 6) is -0.201. The van der Waals surface area contributed by atoms with Gasteiger partial charge >= 0.3 is 6.03 Å². The van der Waals surface area contributed by atoms with E-state index in [1.807, 2.05) is 25.1 Å². The standard InChI is InChI=1S/C12H12N2O2/c1-7-3-2-4-8-5-12(6-9(7)8)10(15)13-11(16)14-12/h2-4H,5-6H2,1H3,(H2,13,14,15,16). The average Bonchev–Trinajstić information content (AvgIpc) is 2.70. The number of urea groups is 1. The zero-order valence-electron chi connectivity index (χ0n) is 8.96. The molecule has 16 heavy (non-hydrogen) atoms. The first kappa shape index (κ1) is 9.39. The Hall–Kier alpha value is -1.84. The van der Waals surface area contributed by atoms with Crippen LogP contribution in [0.3, 0.4) is 0 Å². The van der Waals surface area contributed by atoms with Crippen molar-refractivity contribution < 1.29 is 9.59 Å². The Morgan fingerprint density at radius 3 is 2.69 bits per heavy atom. The van der Waals surface area contributed by atoms with Crippen LogP contribution in [0.4, 0.5) is 4.79 Å². The maximum Gasteiger partial charge on any atom is 0.322 e. The lowest BCUT2D eigenvalue weighted by atomic mass is 9.96. The second kappa shape index (κ2) is 2.84. The largest absolute Gasteiger partial charge is 0.323 e. The third-order valence-corrected chi connectivity index (χ3v) is 3.49. The number of imide groups is 1. The normalized spacial score (nSPS) is 26.8. The molecule has 1 atom stereocenters. The molecule has 0 radical (unpaired) electrons. The van der Waals surface area contributed by atoms with Gasteiger partial charge in [0.1, 0.15) is 5.54 Å². The van der Waals surface area contributed by atoms with Gasteiger partial charge in [0.2, 0.25) is 0 Å². The topological polar surface area (TPSA) is 58.2 Å². The van der Waals surface area contributed by atoms with Gasteiger partial charge in [0.05, 0.1) is 0 Å². The molecular weight excluding hydrogens is 204 g/mol. The molecule has 1 aromatic carbocycles. The summed E-state index contributed by atoms with van der Waals surface area (Å²) in [6.07, 6.45) is 1.20. The molecule has 1 aliphatic heterocycles. The number of nitrogens with one attached hydrogen (secondary N) is 2. The van der Waals surface area contributed by atoms with E-state index in [1.54, 1.807) is 0 Å². The molecule has 0 saturated carbocycles. The van der Waals surface area contributed by atoms with Crippen LogP contribution >= 0.6 is 0 Å². The molecule has 2 N–H and O–H groups in total. The highest BCUT2D eigenvalue weighted by Crippen LogP contribution is 2.33. The van der Waals surface area contributed by atoms with Crippen LogP contribution in [0.1, 0.15) is 16.7 Å². The van der Waals surface area contributed by atoms with E-state index >= 15 is 0 Å². The minimum atomic E-state index is -0.731. The lowest BCUT2D eigenvalue weighted by molar-refractivity contribution is -0.123. The Balaban J connectivity index is 2.05. The van der Waals surface area contributed by atoms with E-state index in [2.05, 4.69) is 10.6 Å². The highest BCUT2D eigenvalue weighted by atomic mass is 16.2. The molecule has 0 bridgehead atoms. The number of hydrogen-bond donors (Lipinski definition) is 2. The summed E-state index contributed by atoms with van der Waals surface area (Å²) in [5.41, 5.74) is 2.81. The van der Waals surface area contributed by atoms with Crippen LogP contribution in [-0.2, 0) is 17.6 Å². The highest BCUT2D eigenvalue weighted by molar-refractivity contribution is 6.07. The predicted molar refractivity (Wildman–Crippen MR) is 58.0 cm³/mol. The predicted octanol–water partition coefficient (Wildman–Crippen LogP) is 0.672. The van der Waals surface area contributed by atoms with Crippen molar-refractivity contribution in [1.82, 2.24) is 10.6 Å². The van der Waals surface area contributed by atoms with Crippen molar-refractivity contribution in [3.8, 4) is 0 Å². The van der Waals surface area contributed by atoms with Crippen molar-refractivity contribution in [3.05, 3.63) is 34.9 Å². The average molecular weight is 216 g/mol. The molecule has 2 aliphatic rings. The van der Waals surface area contributed by atoms with E-state index in [0.29, 0.717) is 12.8 Å². The lowest BCUT2D eigenvalue weighted by Gasteiger charge is -2.18. The van der Waals surface area contributed by atoms with Gasteiger partial charge < -0.3 is 5.32 Å². The molecular formula is C12H12N2O2. The third kappa shape index (κ3) is 1.10. The molecule has 1 heterocycles. The van der Waals surface area contributed by atoms with Crippen molar-refractivity contribution in [2.75, 3.05) is 0 Å². The van der Waals surface area contributed by atoms with Crippen LogP contribution < -0.4 is 10.6 Å². The molecule has 1 spiro atoms. The van der Waals surface area contributed by atoms with Gasteiger partial charge in [-0.15, -0.1) is 0 Å². The van der Waals surface area contributed by atoms with Gasteiger partial charge in [-0.05, 0) is 23.6 Å². The van der Waals surface area contributed by atoms with Gasteiger partial charge in [-0.25, -0.2) is 4.79 Å². The molecule has 3 rings (SSSR count). The fraction of sp³-hybridized carbons (Fsp3) is 0.333. The number of amides is 3. The maximum atomic E-state index is 11.8. The van der Waals surface area contributed by atoms with Crippen LogP contribution in [0.2, 0.25) is 0 Å². The van der Waals surface area contributed by atoms with E-state index in [9.17, 15) is 9.59 Å². The van der Waals surface area contributed by atoms with Gasteiger partial charge in [-0.1, -0.05) is 18.2 Å². The summed E-state index contributed by atoms with van der Waals surface area (Å²) in [6, 6.07) is 5.67. The van der Waals surface area contributed by atoms with Crippen molar-refractivity contribution in [2.45, 2.75) is 25.3 Å². The minimum absolute atomic E-state index is 0.201. The Morgan fingerprint density at radius 2 is 2.06 bits per heavy atom. The van der Waals surface area contributed by atoms with Crippen molar-refractivity contribution >= 4 is 11.9 Å². The number of benzene rings is 1. The Morgan fingerprint density at radius 1 is 1.25 bits per heavy atom. The molecule has 3 amide bonds. The van der Waals surface area contributed by atoms with Crippen LogP contribution in [0.25, 0.3) is 0 Å². The smallest absolute Gasteiger partial charge is 0.322 e. The Bertz CT molecular complexity index is 510. The molecule has 1 saturated heterocycles. The van der Waals surface area contributed by atoms with Crippen LogP contribution in [0.15, 0.2) is 18.2 Å². The molecule has 82 valence electrons. The molecule has 1 aromatic rings. The number of carbonyl (C=O) groups is 2. The molecule has 4 nitrogen and oxygen atoms in total. The Kier molecular flexibility index (Phi) is 1.67. The molecule has 1 aliphatic carbocycles. The molecule has 1 unspecified atom stereocenters. The number of hydrogen-bond acceptors (Lipinski definition) is 2. The highest BCUT2D eigenvalue weighted by Gasteiger charge is 2.50. The summed E-state index contributed by atoms with van der Waals surface area (Å²) in [7, 11) is 0. The van der Waals surface area contributed by atoms with E-state index in [1.165, 1.54) is 11.1 Å². The first-order valence-corrected chi connectivity index (χ1v) is 5.32. The molecule has 1 fully saturated rings. The Labute approximate surface area is 93.0 Å². The van der Waals surface area contributed by atoms with E-state index in [4.69, 9.17) is 0 Å². The van der Waals surface area contributed by atoms with Gasteiger partial charge in [-0.2, -0.15) is 0 Å². The zero-order valence-corrected chi connectivity index (χ0v) is 8.96.